The number of nitrogens with two attached hydrogens (primary N) is 1. The lowest BCUT2D eigenvalue weighted by Crippen LogP contribution is -2.05. The smallest absolute Gasteiger partial charge is 0.195 e. The van der Waals surface area contributed by atoms with Crippen LogP contribution >= 0.6 is 0 Å². The molecule has 2 aromatic rings. The summed E-state index contributed by atoms with van der Waals surface area (Å²) in [5.74, 6) is -0.894. The van der Waals surface area contributed by atoms with Crippen molar-refractivity contribution in [1.82, 2.24) is 0 Å². The minimum atomic E-state index is -0.579. The number of anilines is 1. The summed E-state index contributed by atoms with van der Waals surface area (Å²) in [6.45, 7) is 2.14. The third kappa shape index (κ3) is 3.23. The zero-order valence-electron chi connectivity index (χ0n) is 11.5. The number of carbonyl (C=O) groups is 1. The second-order valence-electron chi connectivity index (χ2n) is 4.87. The van der Waals surface area contributed by atoms with E-state index < -0.39 is 5.82 Å². The minimum Gasteiger partial charge on any atom is -0.399 e. The number of nitrogen functional groups attached to an aromatic ring is 1. The number of rotatable bonds is 5. The topological polar surface area (TPSA) is 43.1 Å². The van der Waals surface area contributed by atoms with Crippen LogP contribution in [0.2, 0.25) is 0 Å². The molecule has 0 aromatic heterocycles. The average Bonchev–Trinajstić information content (AvgIpc) is 2.45. The van der Waals surface area contributed by atoms with Gasteiger partial charge in [0, 0.05) is 11.3 Å². The molecule has 0 saturated heterocycles. The van der Waals surface area contributed by atoms with Gasteiger partial charge >= 0.3 is 0 Å². The molecule has 0 fully saturated rings. The number of carbonyl (C=O) groups excluding carboxylic acids is 1. The van der Waals surface area contributed by atoms with Crippen LogP contribution in [0.4, 0.5) is 10.1 Å². The monoisotopic (exact) mass is 271 g/mol. The highest BCUT2D eigenvalue weighted by molar-refractivity contribution is 6.09. The summed E-state index contributed by atoms with van der Waals surface area (Å²) in [6.07, 6.45) is 3.26. The lowest BCUT2D eigenvalue weighted by atomic mass is 10.00. The van der Waals surface area contributed by atoms with Gasteiger partial charge in [-0.3, -0.25) is 4.79 Å². The number of unbranched alkanes of at least 4 members (excludes halogenated alkanes) is 1. The van der Waals surface area contributed by atoms with Crippen LogP contribution in [-0.4, -0.2) is 5.78 Å². The zero-order valence-corrected chi connectivity index (χ0v) is 11.5. The van der Waals surface area contributed by atoms with Gasteiger partial charge in [0.25, 0.3) is 0 Å². The van der Waals surface area contributed by atoms with Crippen molar-refractivity contribution in [3.63, 3.8) is 0 Å². The Kier molecular flexibility index (Phi) is 4.51. The maximum atomic E-state index is 13.7. The van der Waals surface area contributed by atoms with E-state index in [0.29, 0.717) is 11.3 Å². The van der Waals surface area contributed by atoms with Crippen molar-refractivity contribution in [1.29, 1.82) is 0 Å². The summed E-state index contributed by atoms with van der Waals surface area (Å²) in [6, 6.07) is 11.5. The molecule has 0 bridgehead atoms. The minimum absolute atomic E-state index is 0.0560. The van der Waals surface area contributed by atoms with Crippen molar-refractivity contribution in [3.8, 4) is 0 Å². The molecule has 0 amide bonds. The normalized spacial score (nSPS) is 10.5. The molecule has 2 nitrogen and oxygen atoms in total. The van der Waals surface area contributed by atoms with E-state index in [1.165, 1.54) is 23.8 Å². The van der Waals surface area contributed by atoms with Gasteiger partial charge in [-0.25, -0.2) is 4.39 Å². The van der Waals surface area contributed by atoms with Crippen LogP contribution in [0.15, 0.2) is 42.5 Å². The number of aryl methyl sites for hydroxylation is 1. The Labute approximate surface area is 118 Å². The highest BCUT2D eigenvalue weighted by Gasteiger charge is 2.13. The van der Waals surface area contributed by atoms with E-state index in [2.05, 4.69) is 6.92 Å². The van der Waals surface area contributed by atoms with Crippen LogP contribution in [0.1, 0.15) is 41.3 Å². The first-order valence-electron chi connectivity index (χ1n) is 6.80. The Balaban J connectivity index is 2.20. The molecule has 0 aliphatic rings. The Hall–Kier alpha value is -2.16. The summed E-state index contributed by atoms with van der Waals surface area (Å²) in [5.41, 5.74) is 7.54. The predicted molar refractivity (Wildman–Crippen MR) is 79.3 cm³/mol. The Morgan fingerprint density at radius 1 is 1.15 bits per heavy atom. The van der Waals surface area contributed by atoms with Crippen molar-refractivity contribution in [2.45, 2.75) is 26.2 Å². The highest BCUT2D eigenvalue weighted by atomic mass is 19.1. The van der Waals surface area contributed by atoms with E-state index in [0.717, 1.165) is 19.3 Å². The van der Waals surface area contributed by atoms with Crippen molar-refractivity contribution in [2.75, 3.05) is 5.73 Å². The lowest BCUT2D eigenvalue weighted by molar-refractivity contribution is 0.103. The molecule has 20 heavy (non-hydrogen) atoms. The first-order valence-corrected chi connectivity index (χ1v) is 6.80. The quantitative estimate of drug-likeness (QED) is 0.660. The van der Waals surface area contributed by atoms with Crippen LogP contribution in [0, 0.1) is 5.82 Å². The van der Waals surface area contributed by atoms with Crippen LogP contribution in [0.25, 0.3) is 0 Å². The first kappa shape index (κ1) is 14.3. The van der Waals surface area contributed by atoms with Crippen LogP contribution in [0.3, 0.4) is 0 Å². The van der Waals surface area contributed by atoms with Crippen LogP contribution in [0.5, 0.6) is 0 Å². The van der Waals surface area contributed by atoms with Crippen molar-refractivity contribution < 1.29 is 9.18 Å². The van der Waals surface area contributed by atoms with Gasteiger partial charge in [0.15, 0.2) is 5.78 Å². The number of benzene rings is 2. The molecule has 0 aliphatic heterocycles. The molecule has 104 valence electrons. The molecule has 0 spiro atoms. The van der Waals surface area contributed by atoms with E-state index in [4.69, 9.17) is 5.73 Å². The summed E-state index contributed by atoms with van der Waals surface area (Å²) in [4.78, 5) is 12.2. The Bertz CT molecular complexity index is 605. The fourth-order valence-corrected chi connectivity index (χ4v) is 2.07. The molecule has 0 radical (unpaired) electrons. The third-order valence-electron chi connectivity index (χ3n) is 3.27. The first-order chi connectivity index (χ1) is 9.61. The van der Waals surface area contributed by atoms with E-state index in [1.54, 1.807) is 12.1 Å². The number of hydrogen-bond acceptors (Lipinski definition) is 2. The van der Waals surface area contributed by atoms with Crippen molar-refractivity contribution in [2.24, 2.45) is 0 Å². The number of ketones is 1. The molecule has 0 heterocycles. The molecule has 2 rings (SSSR count). The van der Waals surface area contributed by atoms with Gasteiger partial charge in [-0.15, -0.1) is 0 Å². The third-order valence-corrected chi connectivity index (χ3v) is 3.27. The average molecular weight is 271 g/mol. The molecular weight excluding hydrogens is 253 g/mol. The second-order valence-corrected chi connectivity index (χ2v) is 4.87. The van der Waals surface area contributed by atoms with Crippen molar-refractivity contribution >= 4 is 11.5 Å². The van der Waals surface area contributed by atoms with Gasteiger partial charge in [0.2, 0.25) is 0 Å². The van der Waals surface area contributed by atoms with Gasteiger partial charge in [-0.2, -0.15) is 0 Å². The maximum Gasteiger partial charge on any atom is 0.195 e. The summed E-state index contributed by atoms with van der Waals surface area (Å²) in [5, 5.41) is 0. The van der Waals surface area contributed by atoms with Gasteiger partial charge < -0.3 is 5.73 Å². The van der Waals surface area contributed by atoms with E-state index in [-0.39, 0.29) is 11.3 Å². The standard InChI is InChI=1S/C17H18FNO/c1-2-3-4-12-5-7-13(8-6-12)17(20)15-10-9-14(19)11-16(15)18/h5-11H,2-4,19H2,1H3. The van der Waals surface area contributed by atoms with Crippen LogP contribution in [-0.2, 0) is 6.42 Å². The summed E-state index contributed by atoms with van der Waals surface area (Å²) < 4.78 is 13.7. The predicted octanol–water partition coefficient (Wildman–Crippen LogP) is 3.98. The Morgan fingerprint density at radius 2 is 1.85 bits per heavy atom. The lowest BCUT2D eigenvalue weighted by Gasteiger charge is -2.05. The SMILES string of the molecule is CCCCc1ccc(C(=O)c2ccc(N)cc2F)cc1. The molecule has 0 saturated carbocycles. The van der Waals surface area contributed by atoms with Gasteiger partial charge in [0.1, 0.15) is 5.82 Å². The van der Waals surface area contributed by atoms with E-state index in [9.17, 15) is 9.18 Å². The molecule has 2 aromatic carbocycles. The highest BCUT2D eigenvalue weighted by Crippen LogP contribution is 2.17. The number of halogens is 1. The van der Waals surface area contributed by atoms with E-state index in [1.807, 2.05) is 12.1 Å². The van der Waals surface area contributed by atoms with E-state index >= 15 is 0 Å². The van der Waals surface area contributed by atoms with Gasteiger partial charge in [0.05, 0.1) is 5.56 Å². The molecule has 0 aliphatic carbocycles. The second kappa shape index (κ2) is 6.33. The van der Waals surface area contributed by atoms with Gasteiger partial charge in [-0.1, -0.05) is 37.6 Å². The molecule has 0 unspecified atom stereocenters. The Morgan fingerprint density at radius 3 is 2.45 bits per heavy atom. The molecule has 0 atom stereocenters. The fourth-order valence-electron chi connectivity index (χ4n) is 2.07. The maximum absolute atomic E-state index is 13.7. The zero-order chi connectivity index (χ0) is 14.5. The largest absolute Gasteiger partial charge is 0.399 e. The molecule has 3 heteroatoms. The van der Waals surface area contributed by atoms with Gasteiger partial charge in [-0.05, 0) is 36.6 Å². The molecular formula is C17H18FNO. The van der Waals surface area contributed by atoms with Crippen LogP contribution < -0.4 is 5.73 Å². The fraction of sp³-hybridized carbons (Fsp3) is 0.235. The number of hydrogen-bond donors (Lipinski definition) is 1. The molecule has 2 N–H and O–H groups in total. The summed E-state index contributed by atoms with van der Waals surface area (Å²) in [7, 11) is 0. The summed E-state index contributed by atoms with van der Waals surface area (Å²) >= 11 is 0. The van der Waals surface area contributed by atoms with Crippen molar-refractivity contribution in [3.05, 3.63) is 65.0 Å².